The number of anilines is 2. The Bertz CT molecular complexity index is 715. The van der Waals surface area contributed by atoms with E-state index in [9.17, 15) is 0 Å². The minimum Gasteiger partial charge on any atom is -0.481 e. The molecule has 1 saturated heterocycles. The van der Waals surface area contributed by atoms with Crippen LogP contribution >= 0.6 is 0 Å². The highest BCUT2D eigenvalue weighted by Gasteiger charge is 2.16. The van der Waals surface area contributed by atoms with Crippen LogP contribution in [-0.4, -0.2) is 49.1 Å². The molecule has 148 valence electrons. The van der Waals surface area contributed by atoms with E-state index in [0.29, 0.717) is 36.0 Å². The van der Waals surface area contributed by atoms with Crippen molar-refractivity contribution in [2.45, 2.75) is 27.7 Å². The van der Waals surface area contributed by atoms with Crippen LogP contribution in [-0.2, 0) is 4.74 Å². The fourth-order valence-electron chi connectivity index (χ4n) is 2.44. The van der Waals surface area contributed by atoms with Crippen LogP contribution in [0.1, 0.15) is 39.0 Å². The van der Waals surface area contributed by atoms with Gasteiger partial charge in [-0.05, 0) is 18.2 Å². The number of methoxy groups -OCH3 is 1. The van der Waals surface area contributed by atoms with Crippen LogP contribution < -0.4 is 15.4 Å². The lowest BCUT2D eigenvalue weighted by atomic mass is 10.1. The normalized spacial score (nSPS) is 12.9. The van der Waals surface area contributed by atoms with Gasteiger partial charge in [-0.15, -0.1) is 0 Å². The molecule has 7 nitrogen and oxygen atoms in total. The maximum atomic E-state index is 8.42. The fraction of sp³-hybridized carbons (Fsp3) is 0.450. The van der Waals surface area contributed by atoms with Crippen LogP contribution in [0.3, 0.4) is 0 Å². The first-order valence-electron chi connectivity index (χ1n) is 9.37. The van der Waals surface area contributed by atoms with Gasteiger partial charge in [0.25, 0.3) is 0 Å². The summed E-state index contributed by atoms with van der Waals surface area (Å²) in [6.07, 6.45) is 1.70. The average molecular weight is 374 g/mol. The summed E-state index contributed by atoms with van der Waals surface area (Å²) in [4.78, 5) is 10.8. The minimum absolute atomic E-state index is 0.248. The summed E-state index contributed by atoms with van der Waals surface area (Å²) in [5, 5.41) is 8.42. The van der Waals surface area contributed by atoms with Gasteiger partial charge in [-0.2, -0.15) is 0 Å². The second kappa shape index (κ2) is 11.9. The molecule has 7 heteroatoms. The minimum atomic E-state index is 0.248. The van der Waals surface area contributed by atoms with E-state index in [1.807, 2.05) is 33.8 Å². The molecule has 0 amide bonds. The molecule has 0 saturated carbocycles. The molecule has 3 N–H and O–H groups in total. The van der Waals surface area contributed by atoms with Gasteiger partial charge in [0.15, 0.2) is 0 Å². The molecule has 0 bridgehead atoms. The van der Waals surface area contributed by atoms with Gasteiger partial charge in [0.1, 0.15) is 11.5 Å². The number of ether oxygens (including phenoxy) is 2. The summed E-state index contributed by atoms with van der Waals surface area (Å²) in [5.41, 5.74) is 7.78. The topological polar surface area (TPSA) is 97.4 Å². The molecule has 0 aromatic carbocycles. The van der Waals surface area contributed by atoms with E-state index >= 15 is 0 Å². The van der Waals surface area contributed by atoms with Crippen molar-refractivity contribution in [3.05, 3.63) is 41.7 Å². The number of aromatic nitrogens is 2. The third-order valence-corrected chi connectivity index (χ3v) is 3.72. The Balaban J connectivity index is 0.000000855. The van der Waals surface area contributed by atoms with Gasteiger partial charge < -0.3 is 20.1 Å². The second-order valence-corrected chi connectivity index (χ2v) is 5.17. The third kappa shape index (κ3) is 5.92. The van der Waals surface area contributed by atoms with Crippen molar-refractivity contribution >= 4 is 17.2 Å². The van der Waals surface area contributed by atoms with Crippen LogP contribution in [0.2, 0.25) is 0 Å². The lowest BCUT2D eigenvalue weighted by Gasteiger charge is -2.28. The first-order valence-corrected chi connectivity index (χ1v) is 9.37. The van der Waals surface area contributed by atoms with E-state index in [1.165, 1.54) is 7.11 Å². The molecule has 0 atom stereocenters. The van der Waals surface area contributed by atoms with Crippen LogP contribution in [0.15, 0.2) is 30.5 Å². The van der Waals surface area contributed by atoms with Gasteiger partial charge in [0.05, 0.1) is 31.7 Å². The van der Waals surface area contributed by atoms with Gasteiger partial charge in [-0.3, -0.25) is 5.41 Å². The molecule has 0 unspecified atom stereocenters. The summed E-state index contributed by atoms with van der Waals surface area (Å²) < 4.78 is 10.5. The summed E-state index contributed by atoms with van der Waals surface area (Å²) in [7, 11) is 1.54. The quantitative estimate of drug-likeness (QED) is 0.798. The Morgan fingerprint density at radius 3 is 2.44 bits per heavy atom. The van der Waals surface area contributed by atoms with E-state index in [1.54, 1.807) is 24.4 Å². The van der Waals surface area contributed by atoms with E-state index < -0.39 is 0 Å². The number of morpholine rings is 1. The Kier molecular flexibility index (Phi) is 9.82. The highest BCUT2D eigenvalue weighted by atomic mass is 16.5. The lowest BCUT2D eigenvalue weighted by Crippen LogP contribution is -2.36. The van der Waals surface area contributed by atoms with Gasteiger partial charge in [0, 0.05) is 30.9 Å². The van der Waals surface area contributed by atoms with Crippen molar-refractivity contribution < 1.29 is 9.47 Å². The zero-order chi connectivity index (χ0) is 20.2. The van der Waals surface area contributed by atoms with Gasteiger partial charge in [-0.25, -0.2) is 9.97 Å². The van der Waals surface area contributed by atoms with Crippen molar-refractivity contribution in [2.75, 3.05) is 44.0 Å². The van der Waals surface area contributed by atoms with Crippen molar-refractivity contribution in [3.8, 4) is 5.88 Å². The molecule has 0 spiro atoms. The molecule has 2 aromatic heterocycles. The molecule has 1 fully saturated rings. The number of rotatable bonds is 4. The molecule has 0 radical (unpaired) electrons. The average Bonchev–Trinajstić information content (AvgIpc) is 2.77. The predicted octanol–water partition coefficient (Wildman–Crippen LogP) is 3.37. The van der Waals surface area contributed by atoms with E-state index in [0.717, 1.165) is 18.9 Å². The first kappa shape index (κ1) is 22.4. The molecular formula is C20H31N5O2. The molecular weight excluding hydrogens is 342 g/mol. The first-order chi connectivity index (χ1) is 13.2. The number of hydrogen-bond acceptors (Lipinski definition) is 7. The number of nitrogen functional groups attached to an aromatic ring is 1. The van der Waals surface area contributed by atoms with Gasteiger partial charge >= 0.3 is 0 Å². The van der Waals surface area contributed by atoms with Crippen LogP contribution in [0.5, 0.6) is 5.88 Å². The summed E-state index contributed by atoms with van der Waals surface area (Å²) >= 11 is 0. The Morgan fingerprint density at radius 1 is 1.15 bits per heavy atom. The zero-order valence-electron chi connectivity index (χ0n) is 17.0. The van der Waals surface area contributed by atoms with Crippen molar-refractivity contribution in [1.29, 1.82) is 5.41 Å². The Labute approximate surface area is 162 Å². The second-order valence-electron chi connectivity index (χ2n) is 5.17. The predicted molar refractivity (Wildman–Crippen MR) is 111 cm³/mol. The highest BCUT2D eigenvalue weighted by Crippen LogP contribution is 2.21. The molecule has 1 aliphatic heterocycles. The Morgan fingerprint density at radius 2 is 1.81 bits per heavy atom. The van der Waals surface area contributed by atoms with Crippen LogP contribution in [0, 0.1) is 5.41 Å². The monoisotopic (exact) mass is 373 g/mol. The molecule has 27 heavy (non-hydrogen) atoms. The standard InChI is InChI=1S/C16H19N5O2.2C2H6/c1-22-14-3-2-12(17)16(20-14)15(18)11-4-5-19-13(10-11)21-6-8-23-9-7-21;2*1-2/h2-5,10,18H,6-9,17H2,1H3;2*1-2H3. The zero-order valence-corrected chi connectivity index (χ0v) is 17.0. The number of nitrogens with one attached hydrogen (secondary N) is 1. The molecule has 0 aliphatic carbocycles. The summed E-state index contributed by atoms with van der Waals surface area (Å²) in [5.74, 6) is 1.26. The van der Waals surface area contributed by atoms with E-state index in [4.69, 9.17) is 20.6 Å². The fourth-order valence-corrected chi connectivity index (χ4v) is 2.44. The smallest absolute Gasteiger partial charge is 0.213 e. The van der Waals surface area contributed by atoms with Crippen LogP contribution in [0.25, 0.3) is 0 Å². The van der Waals surface area contributed by atoms with Crippen molar-refractivity contribution in [1.82, 2.24) is 9.97 Å². The molecule has 2 aromatic rings. The van der Waals surface area contributed by atoms with Crippen molar-refractivity contribution in [3.63, 3.8) is 0 Å². The lowest BCUT2D eigenvalue weighted by molar-refractivity contribution is 0.122. The maximum absolute atomic E-state index is 8.42. The Hall–Kier alpha value is -2.67. The van der Waals surface area contributed by atoms with E-state index in [2.05, 4.69) is 14.9 Å². The van der Waals surface area contributed by atoms with E-state index in [-0.39, 0.29) is 5.71 Å². The number of pyridine rings is 2. The number of nitrogens with two attached hydrogens (primary N) is 1. The van der Waals surface area contributed by atoms with Crippen LogP contribution in [0.4, 0.5) is 11.5 Å². The third-order valence-electron chi connectivity index (χ3n) is 3.72. The highest BCUT2D eigenvalue weighted by molar-refractivity contribution is 6.12. The molecule has 3 rings (SSSR count). The summed E-state index contributed by atoms with van der Waals surface area (Å²) in [6, 6.07) is 7.04. The number of nitrogens with zero attached hydrogens (tertiary/aromatic N) is 3. The molecule has 1 aliphatic rings. The molecule has 3 heterocycles. The van der Waals surface area contributed by atoms with Crippen molar-refractivity contribution in [2.24, 2.45) is 0 Å². The number of hydrogen-bond donors (Lipinski definition) is 2. The SMILES string of the molecule is CC.CC.COc1ccc(N)c(C(=N)c2ccnc(N3CCOCC3)c2)n1. The van der Waals surface area contributed by atoms with Gasteiger partial charge in [-0.1, -0.05) is 27.7 Å². The van der Waals surface area contributed by atoms with Gasteiger partial charge in [0.2, 0.25) is 5.88 Å². The maximum Gasteiger partial charge on any atom is 0.213 e. The summed E-state index contributed by atoms with van der Waals surface area (Å²) in [6.45, 7) is 11.0. The largest absolute Gasteiger partial charge is 0.481 e.